The summed E-state index contributed by atoms with van der Waals surface area (Å²) in [5, 5.41) is 9.25. The molecule has 0 amide bonds. The van der Waals surface area contributed by atoms with Gasteiger partial charge in [0.1, 0.15) is 0 Å². The van der Waals surface area contributed by atoms with E-state index < -0.39 is 5.60 Å². The van der Waals surface area contributed by atoms with Crippen molar-refractivity contribution in [3.8, 4) is 0 Å². The second-order valence-electron chi connectivity index (χ2n) is 3.14. The van der Waals surface area contributed by atoms with Gasteiger partial charge in [-0.3, -0.25) is 0 Å². The summed E-state index contributed by atoms with van der Waals surface area (Å²) in [7, 11) is 0. The highest BCUT2D eigenvalue weighted by Crippen LogP contribution is 2.01. The van der Waals surface area contributed by atoms with Crippen LogP contribution in [0.4, 0.5) is 0 Å². The number of allylic oxidation sites excluding steroid dienone is 2. The Labute approximate surface area is 68.7 Å². The van der Waals surface area contributed by atoms with Crippen LogP contribution in [0.1, 0.15) is 27.7 Å². The quantitative estimate of drug-likeness (QED) is 0.476. The molecule has 0 aromatic heterocycles. The molecule has 0 bridgehead atoms. The Bertz CT molecular complexity index is 197. The van der Waals surface area contributed by atoms with E-state index in [4.69, 9.17) is 0 Å². The Morgan fingerprint density at radius 3 is 2.36 bits per heavy atom. The maximum Gasteiger partial charge on any atom is 0.0844 e. The molecule has 0 aliphatic carbocycles. The Morgan fingerprint density at radius 2 is 2.00 bits per heavy atom. The highest BCUT2D eigenvalue weighted by atomic mass is 16.3. The summed E-state index contributed by atoms with van der Waals surface area (Å²) in [5.74, 6) is 0. The average molecular weight is 152 g/mol. The molecule has 1 nitrogen and oxygen atoms in total. The van der Waals surface area contributed by atoms with E-state index in [1.54, 1.807) is 19.9 Å². The smallest absolute Gasteiger partial charge is 0.0844 e. The minimum absolute atomic E-state index is 0.759. The van der Waals surface area contributed by atoms with Crippen LogP contribution in [0.25, 0.3) is 0 Å². The molecule has 0 saturated heterocycles. The molecule has 0 aliphatic rings. The van der Waals surface area contributed by atoms with Crippen molar-refractivity contribution in [3.63, 3.8) is 0 Å². The van der Waals surface area contributed by atoms with E-state index in [2.05, 4.69) is 5.73 Å². The Morgan fingerprint density at radius 1 is 1.45 bits per heavy atom. The van der Waals surface area contributed by atoms with Gasteiger partial charge >= 0.3 is 0 Å². The van der Waals surface area contributed by atoms with Crippen LogP contribution in [0, 0.1) is 0 Å². The van der Waals surface area contributed by atoms with Crippen molar-refractivity contribution in [2.75, 3.05) is 0 Å². The van der Waals surface area contributed by atoms with Crippen LogP contribution >= 0.6 is 0 Å². The van der Waals surface area contributed by atoms with E-state index in [1.165, 1.54) is 0 Å². The summed E-state index contributed by atoms with van der Waals surface area (Å²) in [5.41, 5.74) is 3.29. The lowest BCUT2D eigenvalue weighted by Crippen LogP contribution is -2.12. The van der Waals surface area contributed by atoms with Crippen molar-refractivity contribution in [3.05, 3.63) is 29.5 Å². The normalized spacial score (nSPS) is 12.3. The largest absolute Gasteiger partial charge is 0.386 e. The van der Waals surface area contributed by atoms with Crippen LogP contribution in [-0.4, -0.2) is 10.7 Å². The molecule has 0 aliphatic heterocycles. The van der Waals surface area contributed by atoms with Crippen molar-refractivity contribution in [2.24, 2.45) is 0 Å². The first-order chi connectivity index (χ1) is 4.95. The molecule has 0 spiro atoms. The number of hydrogen-bond donors (Lipinski definition) is 1. The molecule has 0 heterocycles. The lowest BCUT2D eigenvalue weighted by molar-refractivity contribution is 0.133. The summed E-state index contributed by atoms with van der Waals surface area (Å²) in [6, 6.07) is 0. The molecule has 11 heavy (non-hydrogen) atoms. The zero-order valence-electron chi connectivity index (χ0n) is 7.68. The third-order valence-corrected chi connectivity index (χ3v) is 1.20. The monoisotopic (exact) mass is 152 g/mol. The molecule has 0 saturated carbocycles. The van der Waals surface area contributed by atoms with E-state index in [9.17, 15) is 5.11 Å². The van der Waals surface area contributed by atoms with Crippen LogP contribution in [0.2, 0.25) is 0 Å². The van der Waals surface area contributed by atoms with E-state index in [1.807, 2.05) is 26.0 Å². The second-order valence-corrected chi connectivity index (χ2v) is 3.14. The van der Waals surface area contributed by atoms with Gasteiger partial charge in [-0.25, -0.2) is 0 Å². The first-order valence-electron chi connectivity index (χ1n) is 3.74. The second kappa shape index (κ2) is 4.17. The third-order valence-electron chi connectivity index (χ3n) is 1.20. The lowest BCUT2D eigenvalue weighted by Gasteiger charge is -2.07. The predicted octanol–water partition coefficient (Wildman–Crippen LogP) is 2.43. The third kappa shape index (κ3) is 7.11. The summed E-state index contributed by atoms with van der Waals surface area (Å²) >= 11 is 0. The van der Waals surface area contributed by atoms with Gasteiger partial charge in [0.2, 0.25) is 0 Å². The minimum Gasteiger partial charge on any atom is -0.386 e. The molecular weight excluding hydrogens is 136 g/mol. The highest BCUT2D eigenvalue weighted by Gasteiger charge is 2.04. The molecule has 0 aromatic carbocycles. The number of hydrogen-bond acceptors (Lipinski definition) is 1. The van der Waals surface area contributed by atoms with Gasteiger partial charge in [0, 0.05) is 0 Å². The maximum absolute atomic E-state index is 9.25. The molecule has 1 N–H and O–H groups in total. The number of rotatable bonds is 2. The maximum atomic E-state index is 9.25. The molecule has 0 aromatic rings. The topological polar surface area (TPSA) is 20.2 Å². The Balaban J connectivity index is 4.24. The summed E-state index contributed by atoms with van der Waals surface area (Å²) in [6.07, 6.45) is 5.48. The van der Waals surface area contributed by atoms with Gasteiger partial charge in [-0.15, -0.1) is 5.73 Å². The Kier molecular flexibility index (Phi) is 3.88. The first-order valence-corrected chi connectivity index (χ1v) is 3.74. The van der Waals surface area contributed by atoms with Crippen LogP contribution in [0.3, 0.4) is 0 Å². The fourth-order valence-corrected chi connectivity index (χ4v) is 0.460. The summed E-state index contributed by atoms with van der Waals surface area (Å²) in [4.78, 5) is 0. The zero-order valence-corrected chi connectivity index (χ0v) is 7.68. The van der Waals surface area contributed by atoms with Crippen molar-refractivity contribution in [1.29, 1.82) is 0 Å². The zero-order chi connectivity index (χ0) is 8.91. The Hall–Kier alpha value is -0.780. The van der Waals surface area contributed by atoms with Gasteiger partial charge in [0.25, 0.3) is 0 Å². The van der Waals surface area contributed by atoms with Crippen molar-refractivity contribution in [1.82, 2.24) is 0 Å². The standard InChI is InChI=1S/C10H16O/c1-5-9(2)7-6-8-10(3,4)11/h5,7-8,11H,1-4H3/b9-5+. The van der Waals surface area contributed by atoms with Crippen LogP contribution in [0.15, 0.2) is 29.5 Å². The average Bonchev–Trinajstić information content (AvgIpc) is 1.85. The van der Waals surface area contributed by atoms with Gasteiger partial charge < -0.3 is 5.11 Å². The van der Waals surface area contributed by atoms with Gasteiger partial charge in [0.05, 0.1) is 5.60 Å². The van der Waals surface area contributed by atoms with Crippen LogP contribution < -0.4 is 0 Å². The van der Waals surface area contributed by atoms with Crippen molar-refractivity contribution >= 4 is 0 Å². The van der Waals surface area contributed by atoms with Crippen molar-refractivity contribution < 1.29 is 5.11 Å². The van der Waals surface area contributed by atoms with E-state index in [-0.39, 0.29) is 0 Å². The van der Waals surface area contributed by atoms with Crippen LogP contribution in [-0.2, 0) is 0 Å². The fourth-order valence-electron chi connectivity index (χ4n) is 0.460. The summed E-state index contributed by atoms with van der Waals surface area (Å²) in [6.45, 7) is 7.40. The molecular formula is C10H16O. The fraction of sp³-hybridized carbons (Fsp3) is 0.500. The van der Waals surface area contributed by atoms with Crippen molar-refractivity contribution in [2.45, 2.75) is 33.3 Å². The molecule has 62 valence electrons. The number of aliphatic hydroxyl groups is 1. The first kappa shape index (κ1) is 10.2. The van der Waals surface area contributed by atoms with Crippen LogP contribution in [0.5, 0.6) is 0 Å². The predicted molar refractivity (Wildman–Crippen MR) is 48.4 cm³/mol. The van der Waals surface area contributed by atoms with Gasteiger partial charge in [-0.2, -0.15) is 0 Å². The molecule has 0 rings (SSSR count). The highest BCUT2D eigenvalue weighted by molar-refractivity contribution is 5.15. The molecule has 0 unspecified atom stereocenters. The summed E-state index contributed by atoms with van der Waals surface area (Å²) < 4.78 is 0. The van der Waals surface area contributed by atoms with E-state index in [0.29, 0.717) is 0 Å². The van der Waals surface area contributed by atoms with E-state index >= 15 is 0 Å². The van der Waals surface area contributed by atoms with Gasteiger partial charge in [-0.1, -0.05) is 6.08 Å². The molecule has 0 radical (unpaired) electrons. The molecule has 0 fully saturated rings. The SMILES string of the molecule is C/C=C(\C)C=C=CC(C)(C)O. The molecule has 0 atom stereocenters. The van der Waals surface area contributed by atoms with E-state index in [0.717, 1.165) is 5.57 Å². The molecule has 1 heteroatoms. The lowest BCUT2D eigenvalue weighted by atomic mass is 10.1. The van der Waals surface area contributed by atoms with Gasteiger partial charge in [0.15, 0.2) is 0 Å². The van der Waals surface area contributed by atoms with Gasteiger partial charge in [-0.05, 0) is 45.4 Å². The minimum atomic E-state index is -0.759.